The van der Waals surface area contributed by atoms with Gasteiger partial charge in [-0.1, -0.05) is 35.9 Å². The van der Waals surface area contributed by atoms with E-state index in [2.05, 4.69) is 49.4 Å². The number of rotatable bonds is 8. The number of nitrogens with zero attached hydrogens (tertiary/aromatic N) is 5. The second-order valence-electron chi connectivity index (χ2n) is 6.94. The lowest BCUT2D eigenvalue weighted by molar-refractivity contribution is 0.295. The summed E-state index contributed by atoms with van der Waals surface area (Å²) in [6, 6.07) is 16.3. The van der Waals surface area contributed by atoms with Gasteiger partial charge in [-0.2, -0.15) is 15.1 Å². The Bertz CT molecular complexity index is 972. The van der Waals surface area contributed by atoms with E-state index < -0.39 is 0 Å². The quantitative estimate of drug-likeness (QED) is 0.470. The third kappa shape index (κ3) is 5.28. The standard InChI is InChI=1S/C22H24N6O/c1-17-6-4-7-18(14-17)16-24-27-20-15-21(28-11-5-12-28)26-22(25-20)29-13-9-19-8-2-3-10-23-19/h2-4,6-8,10,14-16H,5,9,11-13H2,1H3,(H,25,26,27). The first-order valence-corrected chi connectivity index (χ1v) is 9.79. The summed E-state index contributed by atoms with van der Waals surface area (Å²) < 4.78 is 5.81. The van der Waals surface area contributed by atoms with Crippen LogP contribution in [0.2, 0.25) is 0 Å². The Morgan fingerprint density at radius 3 is 2.83 bits per heavy atom. The van der Waals surface area contributed by atoms with E-state index in [4.69, 9.17) is 4.74 Å². The molecule has 1 aliphatic heterocycles. The first kappa shape index (κ1) is 18.9. The van der Waals surface area contributed by atoms with Crippen LogP contribution in [-0.2, 0) is 6.42 Å². The Kier molecular flexibility index (Phi) is 5.95. The van der Waals surface area contributed by atoms with E-state index in [9.17, 15) is 0 Å². The zero-order chi connectivity index (χ0) is 19.9. The van der Waals surface area contributed by atoms with Crippen molar-refractivity contribution >= 4 is 17.9 Å². The highest BCUT2D eigenvalue weighted by Gasteiger charge is 2.18. The monoisotopic (exact) mass is 388 g/mol. The van der Waals surface area contributed by atoms with Crippen molar-refractivity contribution < 1.29 is 4.74 Å². The summed E-state index contributed by atoms with van der Waals surface area (Å²) in [7, 11) is 0. The molecule has 0 atom stereocenters. The topological polar surface area (TPSA) is 75.5 Å². The third-order valence-corrected chi connectivity index (χ3v) is 4.62. The number of aromatic nitrogens is 3. The Morgan fingerprint density at radius 2 is 2.07 bits per heavy atom. The molecule has 3 aromatic rings. The van der Waals surface area contributed by atoms with Crippen LogP contribution in [-0.4, -0.2) is 40.9 Å². The van der Waals surface area contributed by atoms with E-state index in [-0.39, 0.29) is 0 Å². The van der Waals surface area contributed by atoms with Gasteiger partial charge in [0.2, 0.25) is 0 Å². The van der Waals surface area contributed by atoms with Gasteiger partial charge in [0.05, 0.1) is 12.8 Å². The first-order valence-electron chi connectivity index (χ1n) is 9.79. The van der Waals surface area contributed by atoms with E-state index >= 15 is 0 Å². The van der Waals surface area contributed by atoms with Crippen LogP contribution in [0.5, 0.6) is 6.01 Å². The molecule has 1 N–H and O–H groups in total. The molecule has 0 amide bonds. The minimum atomic E-state index is 0.346. The number of pyridine rings is 1. The lowest BCUT2D eigenvalue weighted by atomic mass is 10.2. The number of ether oxygens (including phenoxy) is 1. The Morgan fingerprint density at radius 1 is 1.14 bits per heavy atom. The van der Waals surface area contributed by atoms with Crippen LogP contribution in [0, 0.1) is 6.92 Å². The van der Waals surface area contributed by atoms with Gasteiger partial charge in [0, 0.05) is 37.5 Å². The molecule has 1 saturated heterocycles. The van der Waals surface area contributed by atoms with Crippen molar-refractivity contribution in [2.24, 2.45) is 5.10 Å². The minimum absolute atomic E-state index is 0.346. The molecule has 1 aromatic carbocycles. The van der Waals surface area contributed by atoms with Gasteiger partial charge in [-0.15, -0.1) is 0 Å². The highest BCUT2D eigenvalue weighted by molar-refractivity contribution is 5.80. The van der Waals surface area contributed by atoms with Crippen LogP contribution < -0.4 is 15.1 Å². The van der Waals surface area contributed by atoms with E-state index in [1.165, 1.54) is 12.0 Å². The average molecular weight is 388 g/mol. The summed E-state index contributed by atoms with van der Waals surface area (Å²) in [5, 5.41) is 4.32. The summed E-state index contributed by atoms with van der Waals surface area (Å²) in [5.74, 6) is 1.46. The van der Waals surface area contributed by atoms with Gasteiger partial charge < -0.3 is 9.64 Å². The van der Waals surface area contributed by atoms with E-state index in [0.717, 1.165) is 30.2 Å². The van der Waals surface area contributed by atoms with Crippen molar-refractivity contribution in [1.82, 2.24) is 15.0 Å². The van der Waals surface area contributed by atoms with Crippen LogP contribution in [0.25, 0.3) is 0 Å². The lowest BCUT2D eigenvalue weighted by Gasteiger charge is -2.32. The molecular formula is C22H24N6O. The van der Waals surface area contributed by atoms with Crippen LogP contribution in [0.4, 0.5) is 11.6 Å². The predicted molar refractivity (Wildman–Crippen MR) is 115 cm³/mol. The smallest absolute Gasteiger partial charge is 0.320 e. The number of hydrazone groups is 1. The maximum absolute atomic E-state index is 5.81. The molecule has 0 unspecified atom stereocenters. The fourth-order valence-corrected chi connectivity index (χ4v) is 2.96. The molecule has 1 fully saturated rings. The molecule has 0 saturated carbocycles. The molecule has 148 valence electrons. The SMILES string of the molecule is Cc1cccc(C=NNc2cc(N3CCC3)nc(OCCc3ccccn3)n2)c1. The second-order valence-corrected chi connectivity index (χ2v) is 6.94. The van der Waals surface area contributed by atoms with Gasteiger partial charge in [0.1, 0.15) is 5.82 Å². The van der Waals surface area contributed by atoms with Crippen molar-refractivity contribution in [1.29, 1.82) is 0 Å². The van der Waals surface area contributed by atoms with E-state index in [0.29, 0.717) is 24.9 Å². The molecule has 0 aliphatic carbocycles. The average Bonchev–Trinajstić information content (AvgIpc) is 2.68. The zero-order valence-corrected chi connectivity index (χ0v) is 16.5. The molecule has 2 aromatic heterocycles. The Balaban J connectivity index is 1.43. The van der Waals surface area contributed by atoms with Crippen molar-refractivity contribution in [2.75, 3.05) is 30.0 Å². The van der Waals surface area contributed by atoms with Crippen molar-refractivity contribution in [2.45, 2.75) is 19.8 Å². The molecule has 3 heterocycles. The molecule has 0 radical (unpaired) electrons. The van der Waals surface area contributed by atoms with Gasteiger partial charge in [0.15, 0.2) is 5.82 Å². The molecule has 7 heteroatoms. The minimum Gasteiger partial charge on any atom is -0.463 e. The number of benzene rings is 1. The molecule has 7 nitrogen and oxygen atoms in total. The van der Waals surface area contributed by atoms with Crippen LogP contribution in [0.15, 0.2) is 59.8 Å². The van der Waals surface area contributed by atoms with Crippen molar-refractivity contribution in [3.05, 3.63) is 71.5 Å². The summed E-state index contributed by atoms with van der Waals surface area (Å²) in [5.41, 5.74) is 6.21. The predicted octanol–water partition coefficient (Wildman–Crippen LogP) is 3.46. The highest BCUT2D eigenvalue weighted by atomic mass is 16.5. The fraction of sp³-hybridized carbons (Fsp3) is 0.273. The first-order chi connectivity index (χ1) is 14.3. The maximum Gasteiger partial charge on any atom is 0.320 e. The summed E-state index contributed by atoms with van der Waals surface area (Å²) in [6.07, 6.45) is 5.44. The third-order valence-electron chi connectivity index (χ3n) is 4.62. The highest BCUT2D eigenvalue weighted by Crippen LogP contribution is 2.23. The summed E-state index contributed by atoms with van der Waals surface area (Å²) in [4.78, 5) is 15.5. The van der Waals surface area contributed by atoms with Crippen molar-refractivity contribution in [3.63, 3.8) is 0 Å². The Hall–Kier alpha value is -3.48. The molecule has 0 bridgehead atoms. The zero-order valence-electron chi connectivity index (χ0n) is 16.5. The molecule has 1 aliphatic rings. The van der Waals surface area contributed by atoms with Crippen LogP contribution in [0.3, 0.4) is 0 Å². The largest absolute Gasteiger partial charge is 0.463 e. The number of aryl methyl sites for hydroxylation is 1. The van der Waals surface area contributed by atoms with E-state index in [1.54, 1.807) is 12.4 Å². The van der Waals surface area contributed by atoms with E-state index in [1.807, 2.05) is 36.4 Å². The molecular weight excluding hydrogens is 364 g/mol. The molecule has 0 spiro atoms. The fourth-order valence-electron chi connectivity index (χ4n) is 2.96. The maximum atomic E-state index is 5.81. The lowest BCUT2D eigenvalue weighted by Crippen LogP contribution is -2.37. The second kappa shape index (κ2) is 9.14. The number of anilines is 2. The van der Waals surface area contributed by atoms with Crippen LogP contribution >= 0.6 is 0 Å². The number of hydrogen-bond donors (Lipinski definition) is 1. The number of nitrogens with one attached hydrogen (secondary N) is 1. The Labute approximate surface area is 170 Å². The van der Waals surface area contributed by atoms with Gasteiger partial charge in [0.25, 0.3) is 0 Å². The van der Waals surface area contributed by atoms with Crippen LogP contribution in [0.1, 0.15) is 23.2 Å². The summed E-state index contributed by atoms with van der Waals surface area (Å²) in [6.45, 7) is 4.52. The van der Waals surface area contributed by atoms with Gasteiger partial charge in [-0.3, -0.25) is 10.4 Å². The number of hydrogen-bond acceptors (Lipinski definition) is 7. The summed E-state index contributed by atoms with van der Waals surface area (Å²) >= 11 is 0. The van der Waals surface area contributed by atoms with Crippen molar-refractivity contribution in [3.8, 4) is 6.01 Å². The molecule has 4 rings (SSSR count). The van der Waals surface area contributed by atoms with Gasteiger partial charge >= 0.3 is 6.01 Å². The van der Waals surface area contributed by atoms with Gasteiger partial charge in [-0.25, -0.2) is 0 Å². The normalized spacial score (nSPS) is 13.3. The van der Waals surface area contributed by atoms with Gasteiger partial charge in [-0.05, 0) is 31.0 Å². The molecule has 29 heavy (non-hydrogen) atoms.